The molecule has 2 saturated carbocycles. The predicted octanol–water partition coefficient (Wildman–Crippen LogP) is 1.75. The molecule has 1 unspecified atom stereocenters. The summed E-state index contributed by atoms with van der Waals surface area (Å²) in [6, 6.07) is 1.68. The van der Waals surface area contributed by atoms with Gasteiger partial charge in [-0.05, 0) is 39.2 Å². The van der Waals surface area contributed by atoms with Gasteiger partial charge in [-0.2, -0.15) is 0 Å². The Kier molecular flexibility index (Phi) is 3.61. The summed E-state index contributed by atoms with van der Waals surface area (Å²) in [5.41, 5.74) is 0.0663. The van der Waals surface area contributed by atoms with E-state index in [4.69, 9.17) is 0 Å². The SMILES string of the molecule is CN1CCC(O)(Cn2cnc(C3CC3)cc2=O)C2(CCCC2)C1. The quantitative estimate of drug-likeness (QED) is 0.923. The van der Waals surface area contributed by atoms with E-state index < -0.39 is 5.60 Å². The molecule has 0 radical (unpaired) electrons. The van der Waals surface area contributed by atoms with Crippen LogP contribution >= 0.6 is 0 Å². The zero-order valence-electron chi connectivity index (χ0n) is 14.0. The average Bonchev–Trinajstić information content (AvgIpc) is 3.26. The van der Waals surface area contributed by atoms with E-state index in [1.54, 1.807) is 17.0 Å². The first-order chi connectivity index (χ1) is 11.0. The third-order valence-electron chi connectivity index (χ3n) is 6.36. The van der Waals surface area contributed by atoms with Gasteiger partial charge in [0.1, 0.15) is 0 Å². The zero-order valence-corrected chi connectivity index (χ0v) is 14.0. The number of piperidine rings is 1. The third kappa shape index (κ3) is 2.64. The van der Waals surface area contributed by atoms with Crippen LogP contribution in [0.1, 0.15) is 56.6 Å². The van der Waals surface area contributed by atoms with Gasteiger partial charge < -0.3 is 10.0 Å². The maximum Gasteiger partial charge on any atom is 0.253 e. The van der Waals surface area contributed by atoms with Gasteiger partial charge in [0.2, 0.25) is 0 Å². The fourth-order valence-electron chi connectivity index (χ4n) is 4.75. The summed E-state index contributed by atoms with van der Waals surface area (Å²) in [5, 5.41) is 11.5. The van der Waals surface area contributed by atoms with Gasteiger partial charge in [0.25, 0.3) is 5.56 Å². The van der Waals surface area contributed by atoms with E-state index in [-0.39, 0.29) is 11.0 Å². The van der Waals surface area contributed by atoms with E-state index >= 15 is 0 Å². The predicted molar refractivity (Wildman–Crippen MR) is 88.4 cm³/mol. The summed E-state index contributed by atoms with van der Waals surface area (Å²) in [7, 11) is 2.14. The lowest BCUT2D eigenvalue weighted by molar-refractivity contribution is -0.139. The number of aromatic nitrogens is 2. The number of hydrogen-bond donors (Lipinski definition) is 1. The molecule has 2 heterocycles. The van der Waals surface area contributed by atoms with Crippen molar-refractivity contribution in [3.63, 3.8) is 0 Å². The van der Waals surface area contributed by atoms with Gasteiger partial charge in [-0.15, -0.1) is 0 Å². The third-order valence-corrected chi connectivity index (χ3v) is 6.36. The molecule has 3 fully saturated rings. The molecular formula is C18H27N3O2. The molecule has 0 amide bonds. The molecule has 1 saturated heterocycles. The molecule has 1 N–H and O–H groups in total. The van der Waals surface area contributed by atoms with Gasteiger partial charge in [0.15, 0.2) is 0 Å². The lowest BCUT2D eigenvalue weighted by Gasteiger charge is -2.51. The lowest BCUT2D eigenvalue weighted by atomic mass is 9.66. The van der Waals surface area contributed by atoms with Crippen molar-refractivity contribution < 1.29 is 5.11 Å². The molecule has 2 aliphatic carbocycles. The molecule has 5 heteroatoms. The highest BCUT2D eigenvalue weighted by atomic mass is 16.3. The molecule has 5 nitrogen and oxygen atoms in total. The van der Waals surface area contributed by atoms with Crippen molar-refractivity contribution in [2.45, 2.75) is 63.0 Å². The van der Waals surface area contributed by atoms with Gasteiger partial charge in [-0.1, -0.05) is 12.8 Å². The minimum absolute atomic E-state index is 0.0117. The number of aliphatic hydroxyl groups is 1. The Morgan fingerprint density at radius 3 is 2.70 bits per heavy atom. The van der Waals surface area contributed by atoms with Gasteiger partial charge in [0.05, 0.1) is 24.2 Å². The Labute approximate surface area is 137 Å². The topological polar surface area (TPSA) is 58.4 Å². The van der Waals surface area contributed by atoms with E-state index in [0.717, 1.165) is 50.9 Å². The second kappa shape index (κ2) is 5.42. The minimum atomic E-state index is -0.789. The molecule has 126 valence electrons. The second-order valence-electron chi connectivity index (χ2n) is 8.06. The highest BCUT2D eigenvalue weighted by Crippen LogP contribution is 2.51. The lowest BCUT2D eigenvalue weighted by Crippen LogP contribution is -2.60. The molecule has 1 aliphatic heterocycles. The van der Waals surface area contributed by atoms with Gasteiger partial charge in [-0.25, -0.2) is 4.98 Å². The fourth-order valence-corrected chi connectivity index (χ4v) is 4.75. The first kappa shape index (κ1) is 15.3. The van der Waals surface area contributed by atoms with Gasteiger partial charge >= 0.3 is 0 Å². The monoisotopic (exact) mass is 317 g/mol. The summed E-state index contributed by atoms with van der Waals surface area (Å²) < 4.78 is 1.64. The van der Waals surface area contributed by atoms with E-state index in [1.165, 1.54) is 12.8 Å². The normalized spacial score (nSPS) is 30.9. The van der Waals surface area contributed by atoms with Crippen LogP contribution in [0.25, 0.3) is 0 Å². The first-order valence-corrected chi connectivity index (χ1v) is 8.99. The Morgan fingerprint density at radius 1 is 1.30 bits per heavy atom. The van der Waals surface area contributed by atoms with E-state index in [0.29, 0.717) is 12.5 Å². The van der Waals surface area contributed by atoms with Gasteiger partial charge in [0, 0.05) is 30.5 Å². The fraction of sp³-hybridized carbons (Fsp3) is 0.778. The summed E-state index contributed by atoms with van der Waals surface area (Å²) in [5.74, 6) is 0.491. The summed E-state index contributed by atoms with van der Waals surface area (Å²) in [6.45, 7) is 2.21. The van der Waals surface area contributed by atoms with Crippen LogP contribution in [-0.4, -0.2) is 45.3 Å². The van der Waals surface area contributed by atoms with Crippen molar-refractivity contribution in [3.05, 3.63) is 28.4 Å². The molecule has 23 heavy (non-hydrogen) atoms. The number of likely N-dealkylation sites (tertiary alicyclic amines) is 1. The average molecular weight is 317 g/mol. The molecule has 1 spiro atoms. The maximum absolute atomic E-state index is 12.5. The summed E-state index contributed by atoms with van der Waals surface area (Å²) in [6.07, 6.45) is 9.20. The molecule has 1 aromatic rings. The zero-order chi connectivity index (χ0) is 16.1. The van der Waals surface area contributed by atoms with Crippen LogP contribution in [0.3, 0.4) is 0 Å². The number of nitrogens with zero attached hydrogens (tertiary/aromatic N) is 3. The van der Waals surface area contributed by atoms with Crippen molar-refractivity contribution >= 4 is 0 Å². The Balaban J connectivity index is 1.62. The second-order valence-corrected chi connectivity index (χ2v) is 8.06. The molecule has 1 aromatic heterocycles. The smallest absolute Gasteiger partial charge is 0.253 e. The molecular weight excluding hydrogens is 290 g/mol. The van der Waals surface area contributed by atoms with Crippen molar-refractivity contribution in [2.24, 2.45) is 5.41 Å². The molecule has 0 aromatic carbocycles. The maximum atomic E-state index is 12.5. The van der Waals surface area contributed by atoms with E-state index in [9.17, 15) is 9.90 Å². The molecule has 3 aliphatic rings. The van der Waals surface area contributed by atoms with E-state index in [2.05, 4.69) is 16.9 Å². The Morgan fingerprint density at radius 2 is 2.04 bits per heavy atom. The van der Waals surface area contributed by atoms with Gasteiger partial charge in [-0.3, -0.25) is 9.36 Å². The van der Waals surface area contributed by atoms with Crippen molar-refractivity contribution in [1.29, 1.82) is 0 Å². The van der Waals surface area contributed by atoms with Crippen molar-refractivity contribution in [1.82, 2.24) is 14.5 Å². The van der Waals surface area contributed by atoms with Crippen molar-refractivity contribution in [3.8, 4) is 0 Å². The number of hydrogen-bond acceptors (Lipinski definition) is 4. The van der Waals surface area contributed by atoms with Crippen LogP contribution in [-0.2, 0) is 6.54 Å². The Bertz CT molecular complexity index is 646. The summed E-state index contributed by atoms with van der Waals surface area (Å²) >= 11 is 0. The van der Waals surface area contributed by atoms with Crippen LogP contribution in [0.4, 0.5) is 0 Å². The van der Waals surface area contributed by atoms with Crippen LogP contribution in [0, 0.1) is 5.41 Å². The van der Waals surface area contributed by atoms with Crippen LogP contribution < -0.4 is 5.56 Å². The van der Waals surface area contributed by atoms with Crippen LogP contribution in [0.2, 0.25) is 0 Å². The summed E-state index contributed by atoms with van der Waals surface area (Å²) in [4.78, 5) is 19.3. The molecule has 0 bridgehead atoms. The standard InChI is InChI=1S/C18H27N3O2/c1-20-9-8-18(23,17(11-20)6-2-3-7-17)12-21-13-19-15(10-16(21)22)14-4-5-14/h10,13-14,23H,2-9,11-12H2,1H3. The minimum Gasteiger partial charge on any atom is -0.387 e. The first-order valence-electron chi connectivity index (χ1n) is 8.99. The largest absolute Gasteiger partial charge is 0.387 e. The molecule has 4 rings (SSSR count). The molecule has 1 atom stereocenters. The number of rotatable bonds is 3. The Hall–Kier alpha value is -1.20. The highest BCUT2D eigenvalue weighted by molar-refractivity contribution is 5.13. The van der Waals surface area contributed by atoms with E-state index in [1.807, 2.05) is 0 Å². The van der Waals surface area contributed by atoms with Crippen molar-refractivity contribution in [2.75, 3.05) is 20.1 Å². The highest BCUT2D eigenvalue weighted by Gasteiger charge is 2.54. The van der Waals surface area contributed by atoms with Crippen LogP contribution in [0.5, 0.6) is 0 Å². The van der Waals surface area contributed by atoms with Crippen LogP contribution in [0.15, 0.2) is 17.2 Å².